The van der Waals surface area contributed by atoms with E-state index >= 15 is 4.39 Å². The van der Waals surface area contributed by atoms with Gasteiger partial charge in [0.15, 0.2) is 0 Å². The molecule has 38 heavy (non-hydrogen) atoms. The summed E-state index contributed by atoms with van der Waals surface area (Å²) in [5.74, 6) is -6.22. The van der Waals surface area contributed by atoms with Crippen LogP contribution in [0.15, 0.2) is 65.6 Å². The van der Waals surface area contributed by atoms with Gasteiger partial charge in [-0.05, 0) is 55.0 Å². The van der Waals surface area contributed by atoms with Crippen molar-refractivity contribution in [2.45, 2.75) is 35.6 Å². The molecule has 0 fully saturated rings. The molecule has 0 radical (unpaired) electrons. The molecule has 2 N–H and O–H groups in total. The summed E-state index contributed by atoms with van der Waals surface area (Å²) >= 11 is 0.979. The van der Waals surface area contributed by atoms with Crippen molar-refractivity contribution in [1.82, 2.24) is 4.90 Å². The highest BCUT2D eigenvalue weighted by atomic mass is 32.2. The Bertz CT molecular complexity index is 1400. The van der Waals surface area contributed by atoms with Crippen molar-refractivity contribution >= 4 is 35.2 Å². The van der Waals surface area contributed by atoms with E-state index in [0.717, 1.165) is 42.1 Å². The fraction of sp³-hybridized carbons (Fsp3) is 0.222. The first-order valence-corrected chi connectivity index (χ1v) is 12.4. The number of thioether (sulfide) groups is 1. The van der Waals surface area contributed by atoms with Crippen molar-refractivity contribution in [2.24, 2.45) is 5.73 Å². The Morgan fingerprint density at radius 1 is 1.00 bits per heavy atom. The van der Waals surface area contributed by atoms with Crippen molar-refractivity contribution in [3.63, 3.8) is 0 Å². The predicted octanol–water partition coefficient (Wildman–Crippen LogP) is 4.37. The molecule has 3 aromatic rings. The number of carbonyl (C=O) groups excluding carboxylic acids is 3. The Labute approximate surface area is 220 Å². The highest BCUT2D eigenvalue weighted by molar-refractivity contribution is 7.99. The summed E-state index contributed by atoms with van der Waals surface area (Å²) in [4.78, 5) is 43.2. The van der Waals surface area contributed by atoms with Crippen LogP contribution in [0, 0.1) is 23.3 Å². The zero-order chi connectivity index (χ0) is 27.7. The number of carbonyl (C=O) groups is 3. The number of fused-ring (bicyclic) bond motifs is 1. The van der Waals surface area contributed by atoms with Crippen LogP contribution < -0.4 is 10.6 Å². The van der Waals surface area contributed by atoms with Gasteiger partial charge in [0.05, 0.1) is 23.4 Å². The van der Waals surface area contributed by atoms with Crippen LogP contribution in [0.1, 0.15) is 23.3 Å². The molecule has 0 unspecified atom stereocenters. The number of para-hydroxylation sites is 1. The summed E-state index contributed by atoms with van der Waals surface area (Å²) in [6.07, 6.45) is -0.656. The molecule has 0 saturated carbocycles. The maximum absolute atomic E-state index is 15.1. The average molecular weight is 546 g/mol. The lowest BCUT2D eigenvalue weighted by Crippen LogP contribution is -2.58. The lowest BCUT2D eigenvalue weighted by atomic mass is 9.99. The van der Waals surface area contributed by atoms with Gasteiger partial charge in [-0.15, -0.1) is 11.8 Å². The van der Waals surface area contributed by atoms with E-state index in [4.69, 9.17) is 5.73 Å². The van der Waals surface area contributed by atoms with Crippen molar-refractivity contribution in [1.29, 1.82) is 0 Å². The van der Waals surface area contributed by atoms with Crippen molar-refractivity contribution < 1.29 is 31.9 Å². The number of imide groups is 1. The number of likely N-dealkylation sites (N-methyl/N-ethyl adjacent to an activating group) is 1. The number of hydrogen-bond acceptors (Lipinski definition) is 5. The van der Waals surface area contributed by atoms with Gasteiger partial charge in [0, 0.05) is 23.6 Å². The Hall–Kier alpha value is -3.70. The summed E-state index contributed by atoms with van der Waals surface area (Å²) in [6.45, 7) is 1.30. The lowest BCUT2D eigenvalue weighted by molar-refractivity contribution is -0.151. The molecular formula is C27H23F4N3O3S. The average Bonchev–Trinajstić information content (AvgIpc) is 2.95. The molecule has 0 spiro atoms. The molecule has 0 saturated heterocycles. The van der Waals surface area contributed by atoms with E-state index < -0.39 is 64.7 Å². The third-order valence-electron chi connectivity index (χ3n) is 6.07. The number of hydrogen-bond donors (Lipinski definition) is 1. The fourth-order valence-electron chi connectivity index (χ4n) is 4.30. The molecule has 4 rings (SSSR count). The van der Waals surface area contributed by atoms with Gasteiger partial charge in [0.2, 0.25) is 11.8 Å². The Balaban J connectivity index is 1.90. The molecular weight excluding hydrogens is 522 g/mol. The zero-order valence-electron chi connectivity index (χ0n) is 20.3. The van der Waals surface area contributed by atoms with Crippen LogP contribution in [0.2, 0.25) is 0 Å². The molecule has 0 aromatic heterocycles. The molecule has 0 bridgehead atoms. The second-order valence-electron chi connectivity index (χ2n) is 8.86. The van der Waals surface area contributed by atoms with Gasteiger partial charge >= 0.3 is 0 Å². The Morgan fingerprint density at radius 3 is 2.32 bits per heavy atom. The van der Waals surface area contributed by atoms with Crippen molar-refractivity contribution in [3.8, 4) is 0 Å². The first-order chi connectivity index (χ1) is 18.0. The monoisotopic (exact) mass is 545 g/mol. The standard InChI is InChI=1S/C27H23F4N3O3S/c1-14(32)26(36)34(23(35)11-15-9-17(29)12-18(30)10-15)24-25(19-13-16(28)7-8-20(19)31)38-22-6-4-3-5-21(22)33(2)27(24)37/h3-10,12-14,24-25H,11,32H2,1-2H3/t14-,24-,25+/m0/s1. The van der Waals surface area contributed by atoms with E-state index in [-0.39, 0.29) is 11.1 Å². The van der Waals surface area contributed by atoms with Crippen molar-refractivity contribution in [3.05, 3.63) is 95.1 Å². The molecule has 3 atom stereocenters. The third-order valence-corrected chi connectivity index (χ3v) is 7.43. The minimum absolute atomic E-state index is 0.0891. The zero-order valence-corrected chi connectivity index (χ0v) is 21.1. The topological polar surface area (TPSA) is 83.7 Å². The summed E-state index contributed by atoms with van der Waals surface area (Å²) in [5, 5.41) is -1.28. The van der Waals surface area contributed by atoms with E-state index in [1.165, 1.54) is 18.9 Å². The number of rotatable bonds is 5. The fourth-order valence-corrected chi connectivity index (χ4v) is 5.73. The number of nitrogens with zero attached hydrogens (tertiary/aromatic N) is 2. The summed E-state index contributed by atoms with van der Waals surface area (Å²) in [7, 11) is 1.43. The van der Waals surface area contributed by atoms with E-state index in [1.54, 1.807) is 24.3 Å². The first-order valence-electron chi connectivity index (χ1n) is 11.5. The molecule has 3 amide bonds. The second-order valence-corrected chi connectivity index (χ2v) is 10.0. The number of benzene rings is 3. The van der Waals surface area contributed by atoms with Gasteiger partial charge in [-0.25, -0.2) is 17.6 Å². The van der Waals surface area contributed by atoms with Crippen LogP contribution in [0.3, 0.4) is 0 Å². The van der Waals surface area contributed by atoms with Crippen LogP contribution in [-0.4, -0.2) is 41.8 Å². The largest absolute Gasteiger partial charge is 0.320 e. The van der Waals surface area contributed by atoms with Crippen LogP contribution in [0.4, 0.5) is 23.2 Å². The van der Waals surface area contributed by atoms with Crippen LogP contribution >= 0.6 is 11.8 Å². The van der Waals surface area contributed by atoms with Crippen LogP contribution in [-0.2, 0) is 20.8 Å². The van der Waals surface area contributed by atoms with Crippen LogP contribution in [0.5, 0.6) is 0 Å². The molecule has 3 aromatic carbocycles. The molecule has 1 heterocycles. The Kier molecular flexibility index (Phi) is 7.89. The van der Waals surface area contributed by atoms with Gasteiger partial charge in [-0.2, -0.15) is 0 Å². The normalized spacial score (nSPS) is 18.0. The SMILES string of the molecule is C[C@H](N)C(=O)N(C(=O)Cc1cc(F)cc(F)c1)[C@@H]1C(=O)N(C)c2ccccc2S[C@@H]1c1cc(F)ccc1F. The van der Waals surface area contributed by atoms with Gasteiger partial charge < -0.3 is 10.6 Å². The molecule has 6 nitrogen and oxygen atoms in total. The van der Waals surface area contributed by atoms with E-state index in [1.807, 2.05) is 0 Å². The number of nitrogens with two attached hydrogens (primary N) is 1. The summed E-state index contributed by atoms with van der Waals surface area (Å²) < 4.78 is 57.0. The highest BCUT2D eigenvalue weighted by Crippen LogP contribution is 2.47. The number of amides is 3. The number of anilines is 1. The van der Waals surface area contributed by atoms with Gasteiger partial charge in [0.25, 0.3) is 5.91 Å². The minimum Gasteiger partial charge on any atom is -0.320 e. The van der Waals surface area contributed by atoms with Crippen LogP contribution in [0.25, 0.3) is 0 Å². The smallest absolute Gasteiger partial charge is 0.251 e. The highest BCUT2D eigenvalue weighted by Gasteiger charge is 2.46. The van der Waals surface area contributed by atoms with E-state index in [0.29, 0.717) is 21.5 Å². The van der Waals surface area contributed by atoms with Gasteiger partial charge in [-0.1, -0.05) is 12.1 Å². The summed E-state index contributed by atoms with van der Waals surface area (Å²) in [6, 6.07) is 8.91. The molecule has 198 valence electrons. The van der Waals surface area contributed by atoms with Gasteiger partial charge in [-0.3, -0.25) is 19.3 Å². The predicted molar refractivity (Wildman–Crippen MR) is 134 cm³/mol. The van der Waals surface area contributed by atoms with E-state index in [9.17, 15) is 27.6 Å². The molecule has 0 aliphatic carbocycles. The lowest BCUT2D eigenvalue weighted by Gasteiger charge is -2.35. The molecule has 11 heteroatoms. The van der Waals surface area contributed by atoms with Gasteiger partial charge in [0.1, 0.15) is 29.3 Å². The molecule has 1 aliphatic rings. The van der Waals surface area contributed by atoms with Crippen molar-refractivity contribution in [2.75, 3.05) is 11.9 Å². The maximum Gasteiger partial charge on any atom is 0.251 e. The Morgan fingerprint density at radius 2 is 1.66 bits per heavy atom. The summed E-state index contributed by atoms with van der Waals surface area (Å²) in [5.41, 5.74) is 5.93. The third kappa shape index (κ3) is 5.44. The van der Waals surface area contributed by atoms with E-state index in [2.05, 4.69) is 0 Å². The second kappa shape index (κ2) is 11.0. The quantitative estimate of drug-likeness (QED) is 0.482. The number of halogens is 4. The first kappa shape index (κ1) is 27.3. The molecule has 1 aliphatic heterocycles. The maximum atomic E-state index is 15.1. The minimum atomic E-state index is -1.67.